The number of hydrogen-bond donors (Lipinski definition) is 4. The van der Waals surface area contributed by atoms with Crippen LogP contribution in [0.25, 0.3) is 0 Å². The van der Waals surface area contributed by atoms with Crippen molar-refractivity contribution in [1.82, 2.24) is 35.6 Å². The van der Waals surface area contributed by atoms with Gasteiger partial charge < -0.3 is 54.5 Å². The van der Waals surface area contributed by atoms with Crippen LogP contribution >= 0.6 is 81.2 Å². The van der Waals surface area contributed by atoms with Crippen LogP contribution in [-0.4, -0.2) is 199 Å². The molecule has 0 aromatic heterocycles. The Morgan fingerprint density at radius 1 is 0.722 bits per heavy atom. The molecule has 4 N–H and O–H groups in total. The number of amides is 4. The zero-order valence-electron chi connectivity index (χ0n) is 51.3. The number of carboxylic acids is 1. The molecule has 8 aliphatic heterocycles. The average molecular weight is 1410 g/mol. The summed E-state index contributed by atoms with van der Waals surface area (Å²) in [4.78, 5) is 126. The SMILES string of the molecule is CCl.COC(=O)[C@]1(C)CCCN1.COC(=O)[C@]1(C)CCCN1C(=O)CNC(=O)OCc1ccccc1.C[C@@]12CCCN1C(=O)CNC2=O.C[C@@]12CCCN1[C@@H](C(Cl)(Cl)Cl)OC2=O.O=C(O)CCCc1ccccc1.O=C1O[C@H](C(Cl)(Cl)Cl)N2CCC[C@@H]12.O=C=O. The Kier molecular flexibility index (Phi) is 32.4. The van der Waals surface area contributed by atoms with E-state index >= 15 is 0 Å². The average Bonchev–Trinajstić information content (AvgIpc) is 1.62. The summed E-state index contributed by atoms with van der Waals surface area (Å²) in [7, 11) is 2.72. The lowest BCUT2D eigenvalue weighted by Crippen LogP contribution is -2.62. The fourth-order valence-corrected chi connectivity index (χ4v) is 12.2. The fraction of sp³-hybridized carbons (Fsp3) is 0.627. The summed E-state index contributed by atoms with van der Waals surface area (Å²) < 4.78 is 21.4. The Hall–Kier alpha value is -5.24. The van der Waals surface area contributed by atoms with Gasteiger partial charge in [-0.2, -0.15) is 9.59 Å². The summed E-state index contributed by atoms with van der Waals surface area (Å²) >= 11 is 38.9. The van der Waals surface area contributed by atoms with Crippen LogP contribution in [0.5, 0.6) is 0 Å². The van der Waals surface area contributed by atoms with E-state index in [4.69, 9.17) is 103 Å². The van der Waals surface area contributed by atoms with Gasteiger partial charge in [-0.15, -0.1) is 11.6 Å². The van der Waals surface area contributed by atoms with E-state index in [1.165, 1.54) is 31.1 Å². The maximum atomic E-state index is 12.3. The molecule has 8 aliphatic rings. The normalized spacial score (nSPS) is 26.0. The lowest BCUT2D eigenvalue weighted by atomic mass is 9.96. The highest BCUT2D eigenvalue weighted by atomic mass is 35.6. The molecule has 4 amide bonds. The summed E-state index contributed by atoms with van der Waals surface area (Å²) in [6.07, 6.45) is 9.84. The number of alkyl halides is 7. The van der Waals surface area contributed by atoms with Gasteiger partial charge in [-0.3, -0.25) is 33.7 Å². The molecule has 0 spiro atoms. The number of aliphatic carboxylic acids is 1. The Balaban J connectivity index is 0.000000285. The fourth-order valence-electron chi connectivity index (χ4n) is 11.2. The number of benzene rings is 2. The molecule has 0 bridgehead atoms. The molecule has 10 rings (SSSR count). The number of rotatable bonds is 10. The second kappa shape index (κ2) is 36.9. The van der Waals surface area contributed by atoms with Gasteiger partial charge in [0.2, 0.25) is 37.8 Å². The number of carboxylic acid groups (broad SMARTS) is 1. The number of hydrogen-bond acceptors (Lipinski definition) is 19. The number of methoxy groups -OCH3 is 2. The van der Waals surface area contributed by atoms with Crippen molar-refractivity contribution in [2.75, 3.05) is 66.4 Å². The van der Waals surface area contributed by atoms with Crippen LogP contribution in [0, 0.1) is 0 Å². The summed E-state index contributed by atoms with van der Waals surface area (Å²) in [5.41, 5.74) is -0.448. The van der Waals surface area contributed by atoms with Gasteiger partial charge in [-0.25, -0.2) is 19.3 Å². The first kappa shape index (κ1) is 79.0. The molecule has 31 heteroatoms. The van der Waals surface area contributed by atoms with Gasteiger partial charge in [-0.1, -0.05) is 130 Å². The van der Waals surface area contributed by atoms with Gasteiger partial charge in [0.15, 0.2) is 0 Å². The highest BCUT2D eigenvalue weighted by Crippen LogP contribution is 2.46. The van der Waals surface area contributed by atoms with E-state index in [2.05, 4.69) is 32.3 Å². The minimum Gasteiger partial charge on any atom is -0.481 e. The number of likely N-dealkylation sites (tertiary alicyclic amines) is 1. The van der Waals surface area contributed by atoms with Crippen LogP contribution in [0.1, 0.15) is 116 Å². The second-order valence-corrected chi connectivity index (χ2v) is 26.9. The van der Waals surface area contributed by atoms with Gasteiger partial charge in [0, 0.05) is 39.0 Å². The Labute approximate surface area is 559 Å². The van der Waals surface area contributed by atoms with Gasteiger partial charge in [0.05, 0.1) is 20.8 Å². The number of carbonyl (C=O) groups is 9. The topological polar surface area (TPSA) is 303 Å². The van der Waals surface area contributed by atoms with Crippen molar-refractivity contribution in [2.45, 2.75) is 166 Å². The first-order chi connectivity index (χ1) is 42.4. The van der Waals surface area contributed by atoms with E-state index in [9.17, 15) is 43.2 Å². The van der Waals surface area contributed by atoms with Crippen LogP contribution in [0.4, 0.5) is 4.79 Å². The molecule has 0 radical (unpaired) electrons. The minimum atomic E-state index is -1.57. The number of alkyl carbamates (subject to hydrolysis) is 1. The van der Waals surface area contributed by atoms with Crippen molar-refractivity contribution >= 4 is 141 Å². The second-order valence-electron chi connectivity index (χ2n) is 22.2. The third kappa shape index (κ3) is 22.2. The van der Waals surface area contributed by atoms with Crippen LogP contribution < -0.4 is 16.0 Å². The van der Waals surface area contributed by atoms with E-state index in [0.29, 0.717) is 13.0 Å². The predicted molar refractivity (Wildman–Crippen MR) is 334 cm³/mol. The maximum absolute atomic E-state index is 12.3. The molecule has 24 nitrogen and oxygen atoms in total. The van der Waals surface area contributed by atoms with E-state index < -0.39 is 60.2 Å². The third-order valence-electron chi connectivity index (χ3n) is 16.0. The molecule has 8 heterocycles. The molecule has 0 unspecified atom stereocenters. The van der Waals surface area contributed by atoms with Gasteiger partial charge >= 0.3 is 42.1 Å². The standard InChI is InChI=1S/C17H22N2O5.C10H12O2.C8H10Cl3NO2.C8H12N2O2.C7H8Cl3NO2.C7H13NO2.CH3Cl.CO2/c1-17(15(21)23-2)9-6-10-19(17)14(20)11-18-16(22)24-12-13-7-4-3-5-8-13;11-10(12)8-4-7-9-5-2-1-3-6-9;1-7-3-2-4-12(7)5(8(9,10)11)14-6(7)13;1-8-3-2-4-10(8)6(11)5-9-7(8)12;8-7(9,10)6-11-3-1-2-4(11)5(12)13-6;1-7(6(9)10-2)4-3-5-8-7;1-2;2-1-3/h3-5,7-8H,6,9-12H2,1-2H3,(H,18,22);1-3,5-6H,4,7-8H2,(H,11,12);5H,2-4H2,1H3;2-5H2,1H3,(H,9,12);4,6H,1-3H2;8H,3-5H2,1-2H3;1H3;/t17-;;5-,7+;8-;4-,6+;7-;;/m0.1000../s1. The number of ether oxygens (including phenoxy) is 5. The molecule has 502 valence electrons. The summed E-state index contributed by atoms with van der Waals surface area (Å²) in [5, 5.41) is 16.5. The zero-order valence-corrected chi connectivity index (χ0v) is 56.6. The van der Waals surface area contributed by atoms with Crippen LogP contribution in [-0.2, 0) is 84.7 Å². The first-order valence-electron chi connectivity index (χ1n) is 28.8. The monoisotopic (exact) mass is 1400 g/mol. The van der Waals surface area contributed by atoms with Crippen LogP contribution in [0.2, 0.25) is 0 Å². The van der Waals surface area contributed by atoms with E-state index in [1.807, 2.05) is 91.2 Å². The maximum Gasteiger partial charge on any atom is 0.407 e. The Morgan fingerprint density at radius 2 is 1.29 bits per heavy atom. The number of cyclic esters (lactones) is 2. The molecule has 8 fully saturated rings. The Bertz CT molecular complexity index is 2760. The van der Waals surface area contributed by atoms with Crippen molar-refractivity contribution in [1.29, 1.82) is 0 Å². The van der Waals surface area contributed by atoms with Gasteiger partial charge in [0.1, 0.15) is 41.3 Å². The molecule has 2 aromatic rings. The summed E-state index contributed by atoms with van der Waals surface area (Å²) in [6.45, 7) is 10.9. The highest BCUT2D eigenvalue weighted by Gasteiger charge is 2.60. The zero-order chi connectivity index (χ0) is 67.7. The molecule has 2 aromatic carbocycles. The number of aryl methyl sites for hydroxylation is 1. The van der Waals surface area contributed by atoms with Gasteiger partial charge in [0.25, 0.3) is 0 Å². The molecular weight excluding hydrogens is 1330 g/mol. The number of halogens is 7. The summed E-state index contributed by atoms with van der Waals surface area (Å²) in [6, 6.07) is 19.0. The molecule has 0 saturated carbocycles. The lowest BCUT2D eigenvalue weighted by molar-refractivity contribution is -0.192. The summed E-state index contributed by atoms with van der Waals surface area (Å²) in [5.74, 6) is -2.15. The molecular formula is C59H80Cl7N7O17. The number of esters is 4. The molecule has 0 aliphatic carbocycles. The predicted octanol–water partition coefficient (Wildman–Crippen LogP) is 7.43. The van der Waals surface area contributed by atoms with Crippen molar-refractivity contribution in [2.24, 2.45) is 0 Å². The molecule has 90 heavy (non-hydrogen) atoms. The van der Waals surface area contributed by atoms with Crippen molar-refractivity contribution in [3.63, 3.8) is 0 Å². The van der Waals surface area contributed by atoms with Crippen LogP contribution in [0.15, 0.2) is 60.7 Å². The van der Waals surface area contributed by atoms with Crippen molar-refractivity contribution in [3.8, 4) is 0 Å². The van der Waals surface area contributed by atoms with Crippen molar-refractivity contribution in [3.05, 3.63) is 71.8 Å². The third-order valence-corrected chi connectivity index (χ3v) is 17.1. The molecule has 7 atom stereocenters. The first-order valence-corrected chi connectivity index (χ1v) is 31.8. The quantitative estimate of drug-likeness (QED) is 0.102. The van der Waals surface area contributed by atoms with Crippen LogP contribution in [0.3, 0.4) is 0 Å². The van der Waals surface area contributed by atoms with Gasteiger partial charge in [-0.05, 0) is 122 Å². The van der Waals surface area contributed by atoms with E-state index in [1.54, 1.807) is 11.8 Å². The largest absolute Gasteiger partial charge is 0.481 e. The van der Waals surface area contributed by atoms with E-state index in [-0.39, 0.29) is 73.9 Å². The Morgan fingerprint density at radius 3 is 1.83 bits per heavy atom. The van der Waals surface area contributed by atoms with Crippen molar-refractivity contribution < 1.29 is 81.5 Å². The number of carbonyl (C=O) groups excluding carboxylic acids is 10. The molecule has 8 saturated heterocycles. The van der Waals surface area contributed by atoms with E-state index in [0.717, 1.165) is 102 Å². The lowest BCUT2D eigenvalue weighted by Gasteiger charge is -2.37. The number of nitrogens with zero attached hydrogens (tertiary/aromatic N) is 4. The number of fused-ring (bicyclic) bond motifs is 3. The minimum absolute atomic E-state index is 0.000370. The number of nitrogens with one attached hydrogen (secondary N) is 3. The highest BCUT2D eigenvalue weighted by molar-refractivity contribution is 6.68. The number of piperazine rings is 1. The smallest absolute Gasteiger partial charge is 0.407 e.